The van der Waals surface area contributed by atoms with Crippen LogP contribution in [0.2, 0.25) is 0 Å². The SMILES string of the molecule is Nc1nc(CSc2nnnn2CCc2cccs2)nc2ccccc12. The lowest BCUT2D eigenvalue weighted by molar-refractivity contribution is 0.550. The number of aryl methyl sites for hydroxylation is 2. The molecule has 4 aromatic rings. The van der Waals surface area contributed by atoms with Gasteiger partial charge in [0.2, 0.25) is 5.16 Å². The molecule has 3 aromatic heterocycles. The van der Waals surface area contributed by atoms with Crippen molar-refractivity contribution in [3.63, 3.8) is 0 Å². The normalized spacial score (nSPS) is 11.2. The highest BCUT2D eigenvalue weighted by Gasteiger charge is 2.10. The molecule has 3 heterocycles. The first-order valence-corrected chi connectivity index (χ1v) is 9.58. The number of nitrogen functional groups attached to an aromatic ring is 1. The molecule has 0 atom stereocenters. The maximum atomic E-state index is 6.03. The quantitative estimate of drug-likeness (QED) is 0.522. The van der Waals surface area contributed by atoms with E-state index >= 15 is 0 Å². The third-order valence-electron chi connectivity index (χ3n) is 3.66. The molecule has 0 saturated heterocycles. The number of para-hydroxylation sites is 1. The molecule has 0 unspecified atom stereocenters. The van der Waals surface area contributed by atoms with Gasteiger partial charge < -0.3 is 5.73 Å². The van der Waals surface area contributed by atoms with Gasteiger partial charge in [-0.05, 0) is 34.0 Å². The molecule has 0 bridgehead atoms. The second kappa shape index (κ2) is 7.16. The molecule has 1 aromatic carbocycles. The Labute approximate surface area is 152 Å². The van der Waals surface area contributed by atoms with Crippen LogP contribution >= 0.6 is 23.1 Å². The van der Waals surface area contributed by atoms with E-state index in [2.05, 4.69) is 43.0 Å². The van der Waals surface area contributed by atoms with E-state index in [-0.39, 0.29) is 0 Å². The second-order valence-electron chi connectivity index (χ2n) is 5.34. The van der Waals surface area contributed by atoms with Gasteiger partial charge >= 0.3 is 0 Å². The minimum Gasteiger partial charge on any atom is -0.383 e. The topological polar surface area (TPSA) is 95.4 Å². The Morgan fingerprint density at radius 2 is 2.04 bits per heavy atom. The fraction of sp³-hybridized carbons (Fsp3) is 0.188. The smallest absolute Gasteiger partial charge is 0.209 e. The van der Waals surface area contributed by atoms with Crippen molar-refractivity contribution in [3.8, 4) is 0 Å². The van der Waals surface area contributed by atoms with Crippen LogP contribution in [0.3, 0.4) is 0 Å². The summed E-state index contributed by atoms with van der Waals surface area (Å²) in [5, 5.41) is 15.7. The second-order valence-corrected chi connectivity index (χ2v) is 7.32. The first-order valence-electron chi connectivity index (χ1n) is 7.72. The molecule has 9 heteroatoms. The van der Waals surface area contributed by atoms with E-state index in [1.807, 2.05) is 28.9 Å². The van der Waals surface area contributed by atoms with E-state index in [0.29, 0.717) is 17.4 Å². The molecule has 0 aliphatic carbocycles. The molecule has 7 nitrogen and oxygen atoms in total. The zero-order valence-electron chi connectivity index (χ0n) is 13.2. The Kier molecular flexibility index (Phi) is 4.57. The molecule has 126 valence electrons. The lowest BCUT2D eigenvalue weighted by Gasteiger charge is -2.05. The number of aromatic nitrogens is 6. The van der Waals surface area contributed by atoms with E-state index in [9.17, 15) is 0 Å². The molecule has 0 spiro atoms. The highest BCUT2D eigenvalue weighted by Crippen LogP contribution is 2.22. The Morgan fingerprint density at radius 3 is 2.92 bits per heavy atom. The first kappa shape index (κ1) is 16.0. The zero-order valence-corrected chi connectivity index (χ0v) is 14.9. The van der Waals surface area contributed by atoms with Crippen molar-refractivity contribution in [2.45, 2.75) is 23.9 Å². The summed E-state index contributed by atoms with van der Waals surface area (Å²) in [7, 11) is 0. The van der Waals surface area contributed by atoms with Crippen LogP contribution in [0.15, 0.2) is 46.9 Å². The molecule has 2 N–H and O–H groups in total. The van der Waals surface area contributed by atoms with E-state index in [1.165, 1.54) is 16.6 Å². The predicted octanol–water partition coefficient (Wildman–Crippen LogP) is 2.80. The van der Waals surface area contributed by atoms with Crippen molar-refractivity contribution in [2.75, 3.05) is 5.73 Å². The molecular formula is C16H15N7S2. The van der Waals surface area contributed by atoms with Gasteiger partial charge in [0, 0.05) is 16.7 Å². The lowest BCUT2D eigenvalue weighted by Crippen LogP contribution is -2.05. The fourth-order valence-electron chi connectivity index (χ4n) is 2.46. The van der Waals surface area contributed by atoms with Gasteiger partial charge in [-0.3, -0.25) is 0 Å². The Bertz CT molecular complexity index is 981. The number of thioether (sulfide) groups is 1. The number of nitrogens with zero attached hydrogens (tertiary/aromatic N) is 6. The van der Waals surface area contributed by atoms with Crippen LogP contribution in [0, 0.1) is 0 Å². The number of thiophene rings is 1. The third-order valence-corrected chi connectivity index (χ3v) is 5.55. The minimum atomic E-state index is 0.499. The van der Waals surface area contributed by atoms with Crippen molar-refractivity contribution in [1.29, 1.82) is 0 Å². The molecule has 4 rings (SSSR count). The molecule has 25 heavy (non-hydrogen) atoms. The monoisotopic (exact) mass is 369 g/mol. The van der Waals surface area contributed by atoms with Gasteiger partial charge in [0.15, 0.2) is 0 Å². The average molecular weight is 369 g/mol. The number of hydrogen-bond acceptors (Lipinski definition) is 8. The summed E-state index contributed by atoms with van der Waals surface area (Å²) in [5.74, 6) is 1.74. The summed E-state index contributed by atoms with van der Waals surface area (Å²) in [4.78, 5) is 10.3. The summed E-state index contributed by atoms with van der Waals surface area (Å²) < 4.78 is 1.81. The average Bonchev–Trinajstić information content (AvgIpc) is 3.30. The van der Waals surface area contributed by atoms with Gasteiger partial charge in [-0.25, -0.2) is 14.6 Å². The Hall–Kier alpha value is -2.52. The zero-order chi connectivity index (χ0) is 17.1. The van der Waals surface area contributed by atoms with Crippen LogP contribution < -0.4 is 5.73 Å². The molecular weight excluding hydrogens is 354 g/mol. The molecule has 0 aliphatic rings. The summed E-state index contributed by atoms with van der Waals surface area (Å²) in [6.45, 7) is 0.747. The first-order chi connectivity index (χ1) is 12.3. The van der Waals surface area contributed by atoms with E-state index in [4.69, 9.17) is 5.73 Å². The van der Waals surface area contributed by atoms with Crippen LogP contribution in [0.5, 0.6) is 0 Å². The van der Waals surface area contributed by atoms with E-state index < -0.39 is 0 Å². The largest absolute Gasteiger partial charge is 0.383 e. The maximum absolute atomic E-state index is 6.03. The van der Waals surface area contributed by atoms with Crippen molar-refractivity contribution < 1.29 is 0 Å². The fourth-order valence-corrected chi connectivity index (χ4v) is 3.91. The molecule has 0 amide bonds. The summed E-state index contributed by atoms with van der Waals surface area (Å²) >= 11 is 3.25. The van der Waals surface area contributed by atoms with Crippen LogP contribution in [-0.4, -0.2) is 30.2 Å². The van der Waals surface area contributed by atoms with Gasteiger partial charge in [-0.2, -0.15) is 0 Å². The van der Waals surface area contributed by atoms with Crippen LogP contribution in [-0.2, 0) is 18.7 Å². The van der Waals surface area contributed by atoms with Crippen LogP contribution in [0.4, 0.5) is 5.82 Å². The van der Waals surface area contributed by atoms with Gasteiger partial charge in [-0.15, -0.1) is 16.4 Å². The highest BCUT2D eigenvalue weighted by molar-refractivity contribution is 7.98. The standard InChI is InChI=1S/C16H15N7S2/c17-15-12-5-1-2-6-13(12)18-14(19-15)10-25-16-20-21-22-23(16)8-7-11-4-3-9-24-11/h1-6,9H,7-8,10H2,(H2,17,18,19). The Morgan fingerprint density at radius 1 is 1.12 bits per heavy atom. The van der Waals surface area contributed by atoms with Crippen LogP contribution in [0.25, 0.3) is 10.9 Å². The van der Waals surface area contributed by atoms with Gasteiger partial charge in [-0.1, -0.05) is 30.0 Å². The molecule has 0 fully saturated rings. The predicted molar refractivity (Wildman–Crippen MR) is 99.4 cm³/mol. The lowest BCUT2D eigenvalue weighted by atomic mass is 10.2. The van der Waals surface area contributed by atoms with E-state index in [0.717, 1.165) is 29.0 Å². The highest BCUT2D eigenvalue weighted by atomic mass is 32.2. The van der Waals surface area contributed by atoms with Crippen molar-refractivity contribution >= 4 is 39.8 Å². The van der Waals surface area contributed by atoms with Crippen LogP contribution in [0.1, 0.15) is 10.7 Å². The van der Waals surface area contributed by atoms with Crippen molar-refractivity contribution in [1.82, 2.24) is 30.2 Å². The summed E-state index contributed by atoms with van der Waals surface area (Å²) in [6.07, 6.45) is 0.912. The van der Waals surface area contributed by atoms with Crippen molar-refractivity contribution in [3.05, 3.63) is 52.5 Å². The number of anilines is 1. The van der Waals surface area contributed by atoms with E-state index in [1.54, 1.807) is 11.3 Å². The molecule has 0 aliphatic heterocycles. The minimum absolute atomic E-state index is 0.499. The molecule has 0 radical (unpaired) electrons. The molecule has 0 saturated carbocycles. The number of tetrazole rings is 1. The number of nitrogens with two attached hydrogens (primary N) is 1. The number of fused-ring (bicyclic) bond motifs is 1. The Balaban J connectivity index is 1.46. The summed E-state index contributed by atoms with van der Waals surface area (Å²) in [6, 6.07) is 11.9. The van der Waals surface area contributed by atoms with Crippen molar-refractivity contribution in [2.24, 2.45) is 0 Å². The number of hydrogen-bond donors (Lipinski definition) is 1. The maximum Gasteiger partial charge on any atom is 0.209 e. The summed E-state index contributed by atoms with van der Waals surface area (Å²) in [5.41, 5.74) is 6.88. The number of rotatable bonds is 6. The van der Waals surface area contributed by atoms with Gasteiger partial charge in [0.05, 0.1) is 17.8 Å². The number of benzene rings is 1. The van der Waals surface area contributed by atoms with Gasteiger partial charge in [0.25, 0.3) is 0 Å². The van der Waals surface area contributed by atoms with Gasteiger partial charge in [0.1, 0.15) is 11.6 Å². The third kappa shape index (κ3) is 3.62.